The summed E-state index contributed by atoms with van der Waals surface area (Å²) in [7, 11) is 2.23. The Balaban J connectivity index is 2.35. The Hall–Kier alpha value is -0.860. The molecular formula is C16H28N2. The van der Waals surface area contributed by atoms with Gasteiger partial charge in [0, 0.05) is 12.6 Å². The number of hydrogen-bond acceptors (Lipinski definition) is 2. The average Bonchev–Trinajstić information content (AvgIpc) is 2.37. The summed E-state index contributed by atoms with van der Waals surface area (Å²) in [6, 6.07) is 9.31. The summed E-state index contributed by atoms with van der Waals surface area (Å²) >= 11 is 0. The van der Waals surface area contributed by atoms with E-state index in [4.69, 9.17) is 0 Å². The third-order valence-electron chi connectivity index (χ3n) is 3.66. The average molecular weight is 248 g/mol. The van der Waals surface area contributed by atoms with Crippen LogP contribution in [0.1, 0.15) is 37.8 Å². The molecule has 0 aromatic heterocycles. The first-order chi connectivity index (χ1) is 8.65. The Kier molecular flexibility index (Phi) is 6.99. The molecule has 0 radical (unpaired) electrons. The lowest BCUT2D eigenvalue weighted by Crippen LogP contribution is -2.29. The minimum absolute atomic E-state index is 0.642. The summed E-state index contributed by atoms with van der Waals surface area (Å²) in [4.78, 5) is 2.45. The highest BCUT2D eigenvalue weighted by molar-refractivity contribution is 5.25. The van der Waals surface area contributed by atoms with Gasteiger partial charge in [0.15, 0.2) is 0 Å². The molecule has 18 heavy (non-hydrogen) atoms. The molecular weight excluding hydrogens is 220 g/mol. The molecule has 0 heterocycles. The van der Waals surface area contributed by atoms with Crippen LogP contribution in [0.4, 0.5) is 0 Å². The third kappa shape index (κ3) is 5.19. The van der Waals surface area contributed by atoms with Gasteiger partial charge in [-0.1, -0.05) is 31.2 Å². The van der Waals surface area contributed by atoms with Crippen molar-refractivity contribution >= 4 is 0 Å². The molecule has 1 aromatic carbocycles. The van der Waals surface area contributed by atoms with Gasteiger partial charge in [-0.05, 0) is 58.0 Å². The van der Waals surface area contributed by atoms with Gasteiger partial charge < -0.3 is 5.32 Å². The fourth-order valence-corrected chi connectivity index (χ4v) is 2.13. The summed E-state index contributed by atoms with van der Waals surface area (Å²) in [5.74, 6) is 0. The normalized spacial score (nSPS) is 12.9. The molecule has 0 spiro atoms. The van der Waals surface area contributed by atoms with Gasteiger partial charge in [0.05, 0.1) is 0 Å². The van der Waals surface area contributed by atoms with E-state index in [0.717, 1.165) is 19.6 Å². The second-order valence-corrected chi connectivity index (χ2v) is 5.19. The van der Waals surface area contributed by atoms with E-state index in [1.165, 1.54) is 24.0 Å². The van der Waals surface area contributed by atoms with Crippen LogP contribution >= 0.6 is 0 Å². The zero-order valence-electron chi connectivity index (χ0n) is 12.4. The maximum absolute atomic E-state index is 3.38. The largest absolute Gasteiger partial charge is 0.317 e. The van der Waals surface area contributed by atoms with Crippen LogP contribution in [0.15, 0.2) is 24.3 Å². The van der Waals surface area contributed by atoms with Crippen LogP contribution in [-0.2, 0) is 6.54 Å². The van der Waals surface area contributed by atoms with Gasteiger partial charge in [-0.25, -0.2) is 0 Å². The zero-order valence-corrected chi connectivity index (χ0v) is 12.4. The van der Waals surface area contributed by atoms with E-state index in [0.29, 0.717) is 6.04 Å². The molecule has 1 rings (SSSR count). The summed E-state index contributed by atoms with van der Waals surface area (Å²) in [5, 5.41) is 3.38. The number of hydrogen-bond donors (Lipinski definition) is 1. The fraction of sp³-hybridized carbons (Fsp3) is 0.625. The first-order valence-electron chi connectivity index (χ1n) is 7.10. The van der Waals surface area contributed by atoms with Crippen molar-refractivity contribution in [2.75, 3.05) is 20.1 Å². The summed E-state index contributed by atoms with van der Waals surface area (Å²) < 4.78 is 0. The van der Waals surface area contributed by atoms with Crippen LogP contribution < -0.4 is 5.32 Å². The van der Waals surface area contributed by atoms with Gasteiger partial charge >= 0.3 is 0 Å². The van der Waals surface area contributed by atoms with Crippen molar-refractivity contribution in [3.8, 4) is 0 Å². The molecule has 1 unspecified atom stereocenters. The molecule has 102 valence electrons. The van der Waals surface area contributed by atoms with Crippen molar-refractivity contribution < 1.29 is 0 Å². The predicted molar refractivity (Wildman–Crippen MR) is 79.9 cm³/mol. The van der Waals surface area contributed by atoms with Gasteiger partial charge in [-0.3, -0.25) is 4.90 Å². The van der Waals surface area contributed by atoms with Crippen LogP contribution in [0, 0.1) is 6.92 Å². The summed E-state index contributed by atoms with van der Waals surface area (Å²) in [6.07, 6.45) is 2.52. The molecule has 0 amide bonds. The topological polar surface area (TPSA) is 15.3 Å². The van der Waals surface area contributed by atoms with Gasteiger partial charge in [-0.15, -0.1) is 0 Å². The van der Waals surface area contributed by atoms with Gasteiger partial charge in [0.2, 0.25) is 0 Å². The van der Waals surface area contributed by atoms with Crippen LogP contribution in [0.5, 0.6) is 0 Å². The lowest BCUT2D eigenvalue weighted by Gasteiger charge is -2.25. The Morgan fingerprint density at radius 2 is 2.00 bits per heavy atom. The molecule has 2 nitrogen and oxygen atoms in total. The maximum Gasteiger partial charge on any atom is 0.0236 e. The van der Waals surface area contributed by atoms with E-state index in [1.54, 1.807) is 0 Å². The smallest absolute Gasteiger partial charge is 0.0236 e. The van der Waals surface area contributed by atoms with Gasteiger partial charge in [0.1, 0.15) is 0 Å². The van der Waals surface area contributed by atoms with E-state index >= 15 is 0 Å². The predicted octanol–water partition coefficient (Wildman–Crippen LogP) is 3.21. The van der Waals surface area contributed by atoms with Crippen molar-refractivity contribution in [2.24, 2.45) is 0 Å². The van der Waals surface area contributed by atoms with E-state index in [-0.39, 0.29) is 0 Å². The second kappa shape index (κ2) is 8.28. The number of nitrogens with one attached hydrogen (secondary N) is 1. The first kappa shape index (κ1) is 15.2. The zero-order chi connectivity index (χ0) is 13.4. The molecule has 2 heteroatoms. The van der Waals surface area contributed by atoms with E-state index in [9.17, 15) is 0 Å². The van der Waals surface area contributed by atoms with Crippen molar-refractivity contribution in [1.29, 1.82) is 0 Å². The third-order valence-corrected chi connectivity index (χ3v) is 3.66. The molecule has 0 aliphatic carbocycles. The van der Waals surface area contributed by atoms with Crippen molar-refractivity contribution in [3.63, 3.8) is 0 Å². The Morgan fingerprint density at radius 3 is 2.67 bits per heavy atom. The molecule has 1 atom stereocenters. The summed E-state index contributed by atoms with van der Waals surface area (Å²) in [5.41, 5.74) is 2.84. The Morgan fingerprint density at radius 1 is 1.28 bits per heavy atom. The van der Waals surface area contributed by atoms with Crippen molar-refractivity contribution in [2.45, 2.75) is 46.2 Å². The van der Waals surface area contributed by atoms with Gasteiger partial charge in [0.25, 0.3) is 0 Å². The van der Waals surface area contributed by atoms with E-state index in [1.807, 2.05) is 0 Å². The lowest BCUT2D eigenvalue weighted by molar-refractivity contribution is 0.234. The summed E-state index contributed by atoms with van der Waals surface area (Å²) in [6.45, 7) is 9.94. The number of nitrogens with zero attached hydrogens (tertiary/aromatic N) is 1. The highest BCUT2D eigenvalue weighted by atomic mass is 15.1. The molecule has 1 aromatic rings. The molecule has 0 saturated carbocycles. The fourth-order valence-electron chi connectivity index (χ4n) is 2.13. The van der Waals surface area contributed by atoms with Crippen LogP contribution in [-0.4, -0.2) is 31.1 Å². The highest BCUT2D eigenvalue weighted by Gasteiger charge is 2.10. The molecule has 0 bridgehead atoms. The molecule has 0 saturated heterocycles. The molecule has 1 N–H and O–H groups in total. The van der Waals surface area contributed by atoms with Crippen LogP contribution in [0.3, 0.4) is 0 Å². The first-order valence-corrected chi connectivity index (χ1v) is 7.10. The standard InChI is InChI=1S/C16H28N2/c1-5-17-12-8-10-15(3)18(4)13-16-11-7-6-9-14(16)2/h6-7,9,11,15,17H,5,8,10,12-13H2,1-4H3. The van der Waals surface area contributed by atoms with E-state index in [2.05, 4.69) is 62.3 Å². The molecule has 0 aliphatic heterocycles. The molecule has 0 aliphatic rings. The minimum atomic E-state index is 0.642. The SMILES string of the molecule is CCNCCCC(C)N(C)Cc1ccccc1C. The number of rotatable bonds is 8. The highest BCUT2D eigenvalue weighted by Crippen LogP contribution is 2.13. The quantitative estimate of drug-likeness (QED) is 0.711. The second-order valence-electron chi connectivity index (χ2n) is 5.19. The Bertz CT molecular complexity index is 336. The molecule has 0 fully saturated rings. The Labute approximate surface area is 112 Å². The number of aryl methyl sites for hydroxylation is 1. The maximum atomic E-state index is 3.38. The monoisotopic (exact) mass is 248 g/mol. The van der Waals surface area contributed by atoms with Crippen molar-refractivity contribution in [1.82, 2.24) is 10.2 Å². The number of benzene rings is 1. The van der Waals surface area contributed by atoms with Crippen molar-refractivity contribution in [3.05, 3.63) is 35.4 Å². The van der Waals surface area contributed by atoms with Gasteiger partial charge in [-0.2, -0.15) is 0 Å². The van der Waals surface area contributed by atoms with E-state index < -0.39 is 0 Å². The minimum Gasteiger partial charge on any atom is -0.317 e. The van der Waals surface area contributed by atoms with Crippen LogP contribution in [0.2, 0.25) is 0 Å². The van der Waals surface area contributed by atoms with Crippen LogP contribution in [0.25, 0.3) is 0 Å². The lowest BCUT2D eigenvalue weighted by atomic mass is 10.1.